The maximum absolute atomic E-state index is 12.5. The number of thiophene rings is 1. The zero-order valence-electron chi connectivity index (χ0n) is 12.2. The number of rotatable bonds is 5. The highest BCUT2D eigenvalue weighted by Crippen LogP contribution is 2.26. The van der Waals surface area contributed by atoms with E-state index in [1.807, 2.05) is 13.1 Å². The predicted molar refractivity (Wildman–Crippen MR) is 83.4 cm³/mol. The molecule has 0 spiro atoms. The number of hydrogen-bond donors (Lipinski definition) is 2. The lowest BCUT2D eigenvalue weighted by Crippen LogP contribution is -2.38. The van der Waals surface area contributed by atoms with Crippen LogP contribution in [0.3, 0.4) is 0 Å². The first-order valence-corrected chi connectivity index (χ1v) is 9.58. The number of nitrogens with one attached hydrogen (secondary N) is 2. The molecule has 2 atom stereocenters. The lowest BCUT2D eigenvalue weighted by molar-refractivity contribution is 0.400. The second-order valence-corrected chi connectivity index (χ2v) is 8.70. The van der Waals surface area contributed by atoms with Gasteiger partial charge in [0.15, 0.2) is 0 Å². The second-order valence-electron chi connectivity index (χ2n) is 5.59. The number of sulfonamides is 1. The van der Waals surface area contributed by atoms with E-state index in [2.05, 4.69) is 17.0 Å². The fraction of sp³-hybridized carbons (Fsp3) is 0.714. The molecular formula is C14H24N2O2S2. The summed E-state index contributed by atoms with van der Waals surface area (Å²) >= 11 is 1.35. The molecule has 0 radical (unpaired) electrons. The second kappa shape index (κ2) is 7.02. The molecule has 1 heterocycles. The fourth-order valence-corrected chi connectivity index (χ4v) is 5.46. The van der Waals surface area contributed by atoms with E-state index < -0.39 is 10.0 Å². The molecule has 1 fully saturated rings. The van der Waals surface area contributed by atoms with Crippen LogP contribution in [0.15, 0.2) is 16.3 Å². The van der Waals surface area contributed by atoms with Gasteiger partial charge in [-0.05, 0) is 37.9 Å². The van der Waals surface area contributed by atoms with Crippen LogP contribution in [0.5, 0.6) is 0 Å². The molecule has 0 aromatic carbocycles. The minimum atomic E-state index is -3.37. The Morgan fingerprint density at radius 1 is 1.25 bits per heavy atom. The Labute approximate surface area is 126 Å². The van der Waals surface area contributed by atoms with Gasteiger partial charge in [0.2, 0.25) is 10.0 Å². The fourth-order valence-electron chi connectivity index (χ4n) is 2.70. The van der Waals surface area contributed by atoms with Gasteiger partial charge in [-0.2, -0.15) is 0 Å². The van der Waals surface area contributed by atoms with Crippen molar-refractivity contribution in [2.24, 2.45) is 5.92 Å². The van der Waals surface area contributed by atoms with E-state index in [-0.39, 0.29) is 6.04 Å². The van der Waals surface area contributed by atoms with Gasteiger partial charge in [0.25, 0.3) is 0 Å². The average Bonchev–Trinajstić information content (AvgIpc) is 2.78. The predicted octanol–water partition coefficient (Wildman–Crippen LogP) is 2.71. The lowest BCUT2D eigenvalue weighted by Gasteiger charge is -2.22. The molecule has 6 heteroatoms. The van der Waals surface area contributed by atoms with Crippen LogP contribution in [0.25, 0.3) is 0 Å². The Morgan fingerprint density at radius 3 is 2.75 bits per heavy atom. The zero-order valence-corrected chi connectivity index (χ0v) is 13.8. The van der Waals surface area contributed by atoms with Crippen LogP contribution in [0.1, 0.15) is 43.9 Å². The van der Waals surface area contributed by atoms with E-state index in [9.17, 15) is 8.42 Å². The van der Waals surface area contributed by atoms with Crippen LogP contribution in [0, 0.1) is 5.92 Å². The lowest BCUT2D eigenvalue weighted by atomic mass is 9.98. The van der Waals surface area contributed by atoms with Crippen LogP contribution in [-0.4, -0.2) is 21.5 Å². The molecule has 1 aliphatic carbocycles. The van der Waals surface area contributed by atoms with Crippen molar-refractivity contribution in [3.63, 3.8) is 0 Å². The first-order valence-electron chi connectivity index (χ1n) is 7.28. The molecule has 2 N–H and O–H groups in total. The van der Waals surface area contributed by atoms with Crippen molar-refractivity contribution in [3.8, 4) is 0 Å². The summed E-state index contributed by atoms with van der Waals surface area (Å²) in [6, 6.07) is 3.67. The van der Waals surface area contributed by atoms with E-state index in [0.717, 1.165) is 24.1 Å². The van der Waals surface area contributed by atoms with Crippen molar-refractivity contribution in [1.29, 1.82) is 0 Å². The minimum absolute atomic E-state index is 0.0809. The molecule has 0 saturated heterocycles. The highest BCUT2D eigenvalue weighted by molar-refractivity contribution is 7.91. The van der Waals surface area contributed by atoms with Crippen LogP contribution >= 0.6 is 11.3 Å². The van der Waals surface area contributed by atoms with Crippen molar-refractivity contribution in [2.45, 2.75) is 55.8 Å². The summed E-state index contributed by atoms with van der Waals surface area (Å²) in [5.41, 5.74) is 0. The quantitative estimate of drug-likeness (QED) is 0.821. The molecular weight excluding hydrogens is 292 g/mol. The summed E-state index contributed by atoms with van der Waals surface area (Å²) in [5, 5.41) is 3.04. The minimum Gasteiger partial charge on any atom is -0.315 e. The maximum atomic E-state index is 12.5. The van der Waals surface area contributed by atoms with E-state index in [1.165, 1.54) is 24.2 Å². The van der Waals surface area contributed by atoms with Gasteiger partial charge in [-0.3, -0.25) is 0 Å². The first-order chi connectivity index (χ1) is 9.53. The molecule has 2 rings (SSSR count). The summed E-state index contributed by atoms with van der Waals surface area (Å²) in [5.74, 6) is 0.420. The molecule has 1 aromatic heterocycles. The molecule has 20 heavy (non-hydrogen) atoms. The summed E-state index contributed by atoms with van der Waals surface area (Å²) in [6.45, 7) is 2.86. The third kappa shape index (κ3) is 4.04. The molecule has 2 unspecified atom stereocenters. The van der Waals surface area contributed by atoms with Gasteiger partial charge >= 0.3 is 0 Å². The van der Waals surface area contributed by atoms with E-state index >= 15 is 0 Å². The standard InChI is InChI=1S/C14H24N2O2S2/c1-11-6-4-3-5-7-13(11)16-20(17,18)14-9-8-12(19-14)10-15-2/h8-9,11,13,15-16H,3-7,10H2,1-2H3. The summed E-state index contributed by atoms with van der Waals surface area (Å²) in [4.78, 5) is 1.04. The Balaban J connectivity index is 2.08. The maximum Gasteiger partial charge on any atom is 0.250 e. The number of hydrogen-bond acceptors (Lipinski definition) is 4. The molecule has 1 aliphatic rings. The van der Waals surface area contributed by atoms with Gasteiger partial charge in [-0.25, -0.2) is 13.1 Å². The van der Waals surface area contributed by atoms with E-state index in [0.29, 0.717) is 16.7 Å². The molecule has 1 aromatic rings. The van der Waals surface area contributed by atoms with Crippen LogP contribution in [0.4, 0.5) is 0 Å². The third-order valence-electron chi connectivity index (χ3n) is 3.92. The van der Waals surface area contributed by atoms with Gasteiger partial charge in [0.05, 0.1) is 0 Å². The average molecular weight is 316 g/mol. The highest BCUT2D eigenvalue weighted by atomic mass is 32.2. The van der Waals surface area contributed by atoms with Crippen molar-refractivity contribution in [3.05, 3.63) is 17.0 Å². The Kier molecular flexibility index (Phi) is 5.60. The Hall–Kier alpha value is -0.430. The topological polar surface area (TPSA) is 58.2 Å². The summed E-state index contributed by atoms with van der Waals surface area (Å²) in [7, 11) is -1.51. The molecule has 0 aliphatic heterocycles. The Bertz CT molecular complexity index is 525. The molecule has 0 bridgehead atoms. The third-order valence-corrected chi connectivity index (χ3v) is 6.99. The zero-order chi connectivity index (χ0) is 14.6. The molecule has 4 nitrogen and oxygen atoms in total. The summed E-state index contributed by atoms with van der Waals surface area (Å²) < 4.78 is 28.3. The van der Waals surface area contributed by atoms with Crippen LogP contribution in [0.2, 0.25) is 0 Å². The molecule has 114 valence electrons. The Morgan fingerprint density at radius 2 is 2.00 bits per heavy atom. The molecule has 1 saturated carbocycles. The largest absolute Gasteiger partial charge is 0.315 e. The summed E-state index contributed by atoms with van der Waals surface area (Å²) in [6.07, 6.45) is 5.61. The van der Waals surface area contributed by atoms with Gasteiger partial charge in [0, 0.05) is 17.5 Å². The van der Waals surface area contributed by atoms with Gasteiger partial charge < -0.3 is 5.32 Å². The van der Waals surface area contributed by atoms with E-state index in [4.69, 9.17) is 0 Å². The van der Waals surface area contributed by atoms with Crippen molar-refractivity contribution < 1.29 is 8.42 Å². The van der Waals surface area contributed by atoms with Crippen LogP contribution < -0.4 is 10.0 Å². The first kappa shape index (κ1) is 15.9. The van der Waals surface area contributed by atoms with Gasteiger partial charge in [-0.1, -0.05) is 26.2 Å². The smallest absolute Gasteiger partial charge is 0.250 e. The SMILES string of the molecule is CNCc1ccc(S(=O)(=O)NC2CCCCCC2C)s1. The van der Waals surface area contributed by atoms with Crippen molar-refractivity contribution >= 4 is 21.4 Å². The highest BCUT2D eigenvalue weighted by Gasteiger charge is 2.26. The van der Waals surface area contributed by atoms with E-state index in [1.54, 1.807) is 6.07 Å². The van der Waals surface area contributed by atoms with Gasteiger partial charge in [0.1, 0.15) is 4.21 Å². The van der Waals surface area contributed by atoms with Gasteiger partial charge in [-0.15, -0.1) is 11.3 Å². The van der Waals surface area contributed by atoms with Crippen molar-refractivity contribution in [1.82, 2.24) is 10.0 Å². The molecule has 0 amide bonds. The normalized spacial score (nSPS) is 24.5. The van der Waals surface area contributed by atoms with Crippen molar-refractivity contribution in [2.75, 3.05) is 7.05 Å². The van der Waals surface area contributed by atoms with Crippen LogP contribution in [-0.2, 0) is 16.6 Å². The monoisotopic (exact) mass is 316 g/mol.